The van der Waals surface area contributed by atoms with E-state index in [2.05, 4.69) is 34.6 Å². The first kappa shape index (κ1) is 9.40. The first-order valence-corrected chi connectivity index (χ1v) is 6.04. The highest BCUT2D eigenvalue weighted by atomic mass is 15.3. The molecular formula is C12H19N3. The lowest BCUT2D eigenvalue weighted by atomic mass is 10.1. The molecule has 2 aliphatic rings. The number of fused-ring (bicyclic) bond motifs is 1. The zero-order chi connectivity index (χ0) is 10.4. The summed E-state index contributed by atoms with van der Waals surface area (Å²) in [6, 6.07) is 3.18. The molecule has 1 fully saturated rings. The minimum Gasteiger partial charge on any atom is -0.293 e. The Bertz CT molecular complexity index is 363. The monoisotopic (exact) mass is 205 g/mol. The average molecular weight is 205 g/mol. The van der Waals surface area contributed by atoms with E-state index < -0.39 is 0 Å². The van der Waals surface area contributed by atoms with E-state index in [1.54, 1.807) is 0 Å². The molecule has 0 unspecified atom stereocenters. The van der Waals surface area contributed by atoms with E-state index >= 15 is 0 Å². The maximum atomic E-state index is 4.65. The first-order valence-electron chi connectivity index (χ1n) is 6.04. The molecule has 3 nitrogen and oxygen atoms in total. The molecule has 3 rings (SSSR count). The van der Waals surface area contributed by atoms with Gasteiger partial charge in [-0.1, -0.05) is 13.8 Å². The Labute approximate surface area is 91.1 Å². The molecule has 0 saturated heterocycles. The molecule has 1 aromatic heterocycles. The summed E-state index contributed by atoms with van der Waals surface area (Å²) in [6.07, 6.45) is 2.82. The van der Waals surface area contributed by atoms with Gasteiger partial charge in [0.05, 0.1) is 17.9 Å². The smallest absolute Gasteiger partial charge is 0.0653 e. The Balaban J connectivity index is 1.82. The predicted molar refractivity (Wildman–Crippen MR) is 59.7 cm³/mol. The van der Waals surface area contributed by atoms with Crippen LogP contribution in [0.4, 0.5) is 0 Å². The van der Waals surface area contributed by atoms with Gasteiger partial charge in [-0.05, 0) is 24.8 Å². The van der Waals surface area contributed by atoms with Crippen LogP contribution in [-0.4, -0.2) is 27.3 Å². The first-order chi connectivity index (χ1) is 7.24. The van der Waals surface area contributed by atoms with E-state index in [-0.39, 0.29) is 0 Å². The summed E-state index contributed by atoms with van der Waals surface area (Å²) in [5, 5.41) is 4.65. The van der Waals surface area contributed by atoms with E-state index in [1.807, 2.05) is 0 Å². The van der Waals surface area contributed by atoms with E-state index in [0.29, 0.717) is 5.92 Å². The maximum absolute atomic E-state index is 4.65. The van der Waals surface area contributed by atoms with Crippen LogP contribution in [0.1, 0.15) is 44.0 Å². The van der Waals surface area contributed by atoms with Gasteiger partial charge in [0.1, 0.15) is 0 Å². The normalized spacial score (nSPS) is 22.1. The zero-order valence-electron chi connectivity index (χ0n) is 9.61. The van der Waals surface area contributed by atoms with Crippen LogP contribution in [0.25, 0.3) is 0 Å². The van der Waals surface area contributed by atoms with Crippen molar-refractivity contribution < 1.29 is 0 Å². The molecular weight excluding hydrogens is 186 g/mol. The molecule has 0 aromatic carbocycles. The predicted octanol–water partition coefficient (Wildman–Crippen LogP) is 1.98. The standard InChI is InChI=1S/C12H19N3/c1-9(2)12-7-11-8-14(10-3-4-10)5-6-15(11)13-12/h7,9-10H,3-6,8H2,1-2H3. The fraction of sp³-hybridized carbons (Fsp3) is 0.750. The molecule has 15 heavy (non-hydrogen) atoms. The molecule has 1 aromatic rings. The number of hydrogen-bond acceptors (Lipinski definition) is 2. The van der Waals surface area contributed by atoms with Crippen molar-refractivity contribution >= 4 is 0 Å². The third-order valence-electron chi connectivity index (χ3n) is 3.50. The molecule has 0 radical (unpaired) electrons. The van der Waals surface area contributed by atoms with Crippen LogP contribution in [0.15, 0.2) is 6.07 Å². The van der Waals surface area contributed by atoms with E-state index in [1.165, 1.54) is 30.8 Å². The van der Waals surface area contributed by atoms with Crippen LogP contribution >= 0.6 is 0 Å². The minimum atomic E-state index is 0.553. The third kappa shape index (κ3) is 1.69. The summed E-state index contributed by atoms with van der Waals surface area (Å²) in [5.74, 6) is 0.553. The largest absolute Gasteiger partial charge is 0.293 e. The maximum Gasteiger partial charge on any atom is 0.0653 e. The summed E-state index contributed by atoms with van der Waals surface area (Å²) >= 11 is 0. The lowest BCUT2D eigenvalue weighted by Gasteiger charge is -2.27. The molecule has 1 aliphatic heterocycles. The Morgan fingerprint density at radius 1 is 1.33 bits per heavy atom. The molecule has 0 bridgehead atoms. The van der Waals surface area contributed by atoms with Crippen molar-refractivity contribution in [3.05, 3.63) is 17.5 Å². The highest BCUT2D eigenvalue weighted by Crippen LogP contribution is 2.30. The summed E-state index contributed by atoms with van der Waals surface area (Å²) in [4.78, 5) is 2.61. The van der Waals surface area contributed by atoms with Crippen molar-refractivity contribution in [3.63, 3.8) is 0 Å². The second-order valence-corrected chi connectivity index (χ2v) is 5.14. The topological polar surface area (TPSA) is 21.1 Å². The molecule has 82 valence electrons. The lowest BCUT2D eigenvalue weighted by molar-refractivity contribution is 0.203. The van der Waals surface area contributed by atoms with Crippen molar-refractivity contribution in [2.75, 3.05) is 6.54 Å². The van der Waals surface area contributed by atoms with Crippen molar-refractivity contribution in [3.8, 4) is 0 Å². The third-order valence-corrected chi connectivity index (χ3v) is 3.50. The number of aromatic nitrogens is 2. The van der Waals surface area contributed by atoms with Gasteiger partial charge >= 0.3 is 0 Å². The van der Waals surface area contributed by atoms with Crippen molar-refractivity contribution in [2.24, 2.45) is 0 Å². The average Bonchev–Trinajstić information content (AvgIpc) is 2.96. The molecule has 0 atom stereocenters. The van der Waals surface area contributed by atoms with Gasteiger partial charge in [0, 0.05) is 19.1 Å². The molecule has 1 aliphatic carbocycles. The zero-order valence-corrected chi connectivity index (χ0v) is 9.61. The van der Waals surface area contributed by atoms with Crippen molar-refractivity contribution in [1.82, 2.24) is 14.7 Å². The summed E-state index contributed by atoms with van der Waals surface area (Å²) < 4.78 is 2.20. The number of rotatable bonds is 2. The van der Waals surface area contributed by atoms with Crippen LogP contribution in [0.2, 0.25) is 0 Å². The van der Waals surface area contributed by atoms with Crippen molar-refractivity contribution in [2.45, 2.75) is 51.7 Å². The highest BCUT2D eigenvalue weighted by molar-refractivity contribution is 5.15. The Morgan fingerprint density at radius 3 is 2.80 bits per heavy atom. The summed E-state index contributed by atoms with van der Waals surface area (Å²) in [5.41, 5.74) is 2.67. The van der Waals surface area contributed by atoms with Crippen LogP contribution in [0, 0.1) is 0 Å². The minimum absolute atomic E-state index is 0.553. The molecule has 1 saturated carbocycles. The summed E-state index contributed by atoms with van der Waals surface area (Å²) in [6.45, 7) is 7.82. The Kier molecular flexibility index (Phi) is 2.09. The molecule has 3 heteroatoms. The van der Waals surface area contributed by atoms with Crippen molar-refractivity contribution in [1.29, 1.82) is 0 Å². The Morgan fingerprint density at radius 2 is 2.13 bits per heavy atom. The van der Waals surface area contributed by atoms with Gasteiger partial charge in [-0.3, -0.25) is 9.58 Å². The van der Waals surface area contributed by atoms with E-state index in [9.17, 15) is 0 Å². The van der Waals surface area contributed by atoms with Gasteiger partial charge in [0.2, 0.25) is 0 Å². The second-order valence-electron chi connectivity index (χ2n) is 5.14. The number of nitrogens with zero attached hydrogens (tertiary/aromatic N) is 3. The van der Waals surface area contributed by atoms with Gasteiger partial charge in [-0.2, -0.15) is 5.10 Å². The Hall–Kier alpha value is -0.830. The van der Waals surface area contributed by atoms with Crippen LogP contribution in [-0.2, 0) is 13.1 Å². The lowest BCUT2D eigenvalue weighted by Crippen LogP contribution is -2.35. The van der Waals surface area contributed by atoms with Crippen LogP contribution < -0.4 is 0 Å². The van der Waals surface area contributed by atoms with E-state index in [4.69, 9.17) is 0 Å². The fourth-order valence-corrected chi connectivity index (χ4v) is 2.34. The highest BCUT2D eigenvalue weighted by Gasteiger charge is 2.31. The molecule has 0 amide bonds. The fourth-order valence-electron chi connectivity index (χ4n) is 2.34. The van der Waals surface area contributed by atoms with Gasteiger partial charge in [-0.25, -0.2) is 0 Å². The van der Waals surface area contributed by atoms with Gasteiger partial charge < -0.3 is 0 Å². The van der Waals surface area contributed by atoms with Crippen LogP contribution in [0.5, 0.6) is 0 Å². The number of hydrogen-bond donors (Lipinski definition) is 0. The van der Waals surface area contributed by atoms with Gasteiger partial charge in [0.15, 0.2) is 0 Å². The quantitative estimate of drug-likeness (QED) is 0.736. The van der Waals surface area contributed by atoms with Crippen LogP contribution in [0.3, 0.4) is 0 Å². The molecule has 0 N–H and O–H groups in total. The molecule has 2 heterocycles. The second kappa shape index (κ2) is 3.34. The summed E-state index contributed by atoms with van der Waals surface area (Å²) in [7, 11) is 0. The molecule has 0 spiro atoms. The van der Waals surface area contributed by atoms with Gasteiger partial charge in [-0.15, -0.1) is 0 Å². The van der Waals surface area contributed by atoms with Gasteiger partial charge in [0.25, 0.3) is 0 Å². The van der Waals surface area contributed by atoms with E-state index in [0.717, 1.165) is 19.1 Å². The SMILES string of the molecule is CC(C)c1cc2n(n1)CCN(C1CC1)C2.